The van der Waals surface area contributed by atoms with Crippen LogP contribution >= 0.6 is 7.82 Å². The Bertz CT molecular complexity index is 1180. The van der Waals surface area contributed by atoms with Gasteiger partial charge in [0.15, 0.2) is 6.10 Å². The second-order valence-corrected chi connectivity index (χ2v) is 15.8. The van der Waals surface area contributed by atoms with Gasteiger partial charge in [0.1, 0.15) is 12.7 Å². The monoisotopic (exact) mass is 811 g/mol. The van der Waals surface area contributed by atoms with E-state index in [2.05, 4.69) is 79.1 Å². The molecular weight excluding hydrogens is 735 g/mol. The Kier molecular flexibility index (Phi) is 33.0. The zero-order valence-electron chi connectivity index (χ0n) is 34.5. The fraction of sp³-hybridized carbons (Fsp3) is 0.727. The van der Waals surface area contributed by atoms with Crippen molar-refractivity contribution in [3.8, 4) is 0 Å². The second kappa shape index (κ2) is 35.8. The molecule has 0 bridgehead atoms. The summed E-state index contributed by atoms with van der Waals surface area (Å²) in [4.78, 5) is 35.0. The summed E-state index contributed by atoms with van der Waals surface area (Å²) in [6.45, 7) is 2.16. The largest absolute Gasteiger partial charge is 0.472 e. The zero-order valence-corrected chi connectivity index (χ0v) is 35.4. The minimum atomic E-state index is -4.64. The molecule has 3 unspecified atom stereocenters. The molecule has 0 aliphatic carbocycles. The predicted octanol–water partition coefficient (Wildman–Crippen LogP) is 10.1. The average molecular weight is 811 g/mol. The Morgan fingerprint density at radius 1 is 0.661 bits per heavy atom. The van der Waals surface area contributed by atoms with Crippen LogP contribution in [0.1, 0.15) is 155 Å². The summed E-state index contributed by atoms with van der Waals surface area (Å²) in [7, 11) is -4.64. The molecule has 0 aromatic carbocycles. The minimum absolute atomic E-state index is 0.153. The number of ether oxygens (including phenoxy) is 3. The van der Waals surface area contributed by atoms with Crippen molar-refractivity contribution in [3.63, 3.8) is 0 Å². The maximum Gasteiger partial charge on any atom is 0.472 e. The Hall–Kier alpha value is -2.37. The van der Waals surface area contributed by atoms with Crippen LogP contribution in [0.2, 0.25) is 0 Å². The summed E-state index contributed by atoms with van der Waals surface area (Å²) in [5.74, 6) is -0.981. The number of phosphoric acid groups is 1. The first-order valence-electron chi connectivity index (χ1n) is 21.4. The molecule has 3 N–H and O–H groups in total. The molecule has 11 nitrogen and oxygen atoms in total. The number of epoxide rings is 1. The van der Waals surface area contributed by atoms with Crippen molar-refractivity contribution in [2.45, 2.75) is 180 Å². The van der Waals surface area contributed by atoms with Gasteiger partial charge in [0.2, 0.25) is 0 Å². The number of unbranched alkanes of at least 4 members (excludes halogenated alkanes) is 11. The zero-order chi connectivity index (χ0) is 41.0. The first-order chi connectivity index (χ1) is 27.2. The Balaban J connectivity index is 2.29. The van der Waals surface area contributed by atoms with E-state index in [1.807, 2.05) is 0 Å². The van der Waals surface area contributed by atoms with E-state index in [4.69, 9.17) is 23.8 Å². The molecule has 1 aliphatic heterocycles. The van der Waals surface area contributed by atoms with Gasteiger partial charge in [-0.25, -0.2) is 4.57 Å². The topological polar surface area (TPSA) is 161 Å². The highest BCUT2D eigenvalue weighted by Crippen LogP contribution is 2.43. The fourth-order valence-electron chi connectivity index (χ4n) is 5.70. The van der Waals surface area contributed by atoms with Crippen molar-refractivity contribution in [2.75, 3.05) is 26.4 Å². The van der Waals surface area contributed by atoms with Crippen molar-refractivity contribution < 1.29 is 52.5 Å². The number of allylic oxidation sites excluding steroid dienone is 9. The number of aliphatic hydroxyl groups excluding tert-OH is 2. The van der Waals surface area contributed by atoms with Crippen LogP contribution < -0.4 is 0 Å². The van der Waals surface area contributed by atoms with E-state index < -0.39 is 51.8 Å². The van der Waals surface area contributed by atoms with Crippen LogP contribution in [0.3, 0.4) is 0 Å². The van der Waals surface area contributed by atoms with Crippen LogP contribution in [-0.4, -0.2) is 77.9 Å². The number of esters is 2. The number of carbonyl (C=O) groups excluding carboxylic acids is 2. The van der Waals surface area contributed by atoms with E-state index in [9.17, 15) is 24.2 Å². The molecule has 0 aromatic heterocycles. The van der Waals surface area contributed by atoms with Crippen molar-refractivity contribution in [1.82, 2.24) is 0 Å². The molecule has 1 aliphatic rings. The molecule has 1 rings (SSSR count). The quantitative estimate of drug-likeness (QED) is 0.0179. The summed E-state index contributed by atoms with van der Waals surface area (Å²) in [6.07, 6.45) is 40.6. The number of hydrogen-bond donors (Lipinski definition) is 3. The van der Waals surface area contributed by atoms with Crippen LogP contribution in [-0.2, 0) is 37.4 Å². The smallest absolute Gasteiger partial charge is 0.462 e. The summed E-state index contributed by atoms with van der Waals surface area (Å²) >= 11 is 0. The molecule has 1 saturated heterocycles. The average Bonchev–Trinajstić information content (AvgIpc) is 3.94. The molecule has 1 heterocycles. The maximum atomic E-state index is 12.6. The van der Waals surface area contributed by atoms with Gasteiger partial charge >= 0.3 is 19.8 Å². The molecule has 0 aromatic rings. The molecule has 56 heavy (non-hydrogen) atoms. The van der Waals surface area contributed by atoms with E-state index in [0.29, 0.717) is 25.0 Å². The maximum absolute atomic E-state index is 12.6. The molecule has 322 valence electrons. The highest BCUT2D eigenvalue weighted by molar-refractivity contribution is 7.47. The van der Waals surface area contributed by atoms with Crippen LogP contribution in [0, 0.1) is 0 Å². The SMILES string of the molecule is CC/C=C\C/C=C\C/C=C\C/C=C\CCCCCCC(=O)OC[C@H](COP(=O)(O)OC[C@@H](O)CO)OC(=O)CCCCCCCC1OC1C/C=C\CCCCC. The molecule has 0 spiro atoms. The number of carbonyl (C=O) groups is 2. The van der Waals surface area contributed by atoms with Gasteiger partial charge in [0.05, 0.1) is 32.0 Å². The lowest BCUT2D eigenvalue weighted by Crippen LogP contribution is -2.29. The molecular formula is C44H75O11P. The third-order valence-corrected chi connectivity index (χ3v) is 10.0. The second-order valence-electron chi connectivity index (χ2n) is 14.4. The lowest BCUT2D eigenvalue weighted by Gasteiger charge is -2.20. The van der Waals surface area contributed by atoms with Crippen molar-refractivity contribution in [3.05, 3.63) is 60.8 Å². The van der Waals surface area contributed by atoms with Gasteiger partial charge < -0.3 is 29.3 Å². The van der Waals surface area contributed by atoms with Gasteiger partial charge in [-0.3, -0.25) is 18.6 Å². The molecule has 0 radical (unpaired) electrons. The normalized spacial score (nSPS) is 18.1. The first-order valence-corrected chi connectivity index (χ1v) is 22.9. The molecule has 0 amide bonds. The molecule has 12 heteroatoms. The summed E-state index contributed by atoms with van der Waals surface area (Å²) in [6, 6.07) is 0. The summed E-state index contributed by atoms with van der Waals surface area (Å²) in [5.41, 5.74) is 0. The van der Waals surface area contributed by atoms with Gasteiger partial charge in [-0.15, -0.1) is 0 Å². The van der Waals surface area contributed by atoms with E-state index in [0.717, 1.165) is 96.3 Å². The Morgan fingerprint density at radius 3 is 1.88 bits per heavy atom. The number of rotatable bonds is 38. The molecule has 1 fully saturated rings. The number of aliphatic hydroxyl groups is 2. The lowest BCUT2D eigenvalue weighted by molar-refractivity contribution is -0.161. The molecule has 0 saturated carbocycles. The van der Waals surface area contributed by atoms with Gasteiger partial charge in [0, 0.05) is 12.8 Å². The first kappa shape index (κ1) is 51.6. The molecule has 5 atom stereocenters. The van der Waals surface area contributed by atoms with E-state index in [-0.39, 0.29) is 19.4 Å². The minimum Gasteiger partial charge on any atom is -0.462 e. The lowest BCUT2D eigenvalue weighted by atomic mass is 10.1. The highest BCUT2D eigenvalue weighted by Gasteiger charge is 2.36. The fourth-order valence-corrected chi connectivity index (χ4v) is 6.48. The summed E-state index contributed by atoms with van der Waals surface area (Å²) < 4.78 is 38.5. The van der Waals surface area contributed by atoms with E-state index in [1.165, 1.54) is 19.3 Å². The van der Waals surface area contributed by atoms with Crippen molar-refractivity contribution in [1.29, 1.82) is 0 Å². The Labute approximate surface area is 338 Å². The number of hydrogen-bond acceptors (Lipinski definition) is 10. The van der Waals surface area contributed by atoms with E-state index in [1.54, 1.807) is 0 Å². The van der Waals surface area contributed by atoms with Gasteiger partial charge in [0.25, 0.3) is 0 Å². The van der Waals surface area contributed by atoms with Crippen molar-refractivity contribution in [2.24, 2.45) is 0 Å². The Morgan fingerprint density at radius 2 is 1.21 bits per heavy atom. The predicted molar refractivity (Wildman–Crippen MR) is 223 cm³/mol. The third-order valence-electron chi connectivity index (χ3n) is 9.08. The van der Waals surface area contributed by atoms with Gasteiger partial charge in [-0.1, -0.05) is 126 Å². The van der Waals surface area contributed by atoms with Crippen LogP contribution in [0.4, 0.5) is 0 Å². The standard InChI is InChI=1S/C44H75O11P/c1-3-5-7-9-11-12-13-14-15-16-17-18-19-20-21-25-29-33-43(47)51-37-40(38-53-56(49,50)52-36-39(46)35-45)54-44(48)34-30-26-22-24-28-32-42-41(55-42)31-27-23-10-8-6-4-2/h5,7,11-12,14-15,17-18,23,27,39-42,45-46H,3-4,6,8-10,13,16,19-22,24-26,28-38H2,1-2H3,(H,49,50)/b7-5-,12-11-,15-14-,18-17-,27-23-/t39-,40+,41?,42?/m0/s1. The third kappa shape index (κ3) is 32.7. The van der Waals surface area contributed by atoms with Gasteiger partial charge in [-0.2, -0.15) is 0 Å². The van der Waals surface area contributed by atoms with Crippen LogP contribution in [0.25, 0.3) is 0 Å². The van der Waals surface area contributed by atoms with Gasteiger partial charge in [-0.05, 0) is 77.0 Å². The van der Waals surface area contributed by atoms with E-state index >= 15 is 0 Å². The van der Waals surface area contributed by atoms with Crippen molar-refractivity contribution >= 4 is 19.8 Å². The number of phosphoric ester groups is 1. The highest BCUT2D eigenvalue weighted by atomic mass is 31.2. The van der Waals surface area contributed by atoms with Crippen LogP contribution in [0.15, 0.2) is 60.8 Å². The van der Waals surface area contributed by atoms with Crippen LogP contribution in [0.5, 0.6) is 0 Å². The summed E-state index contributed by atoms with van der Waals surface area (Å²) in [5, 5.41) is 18.3.